The second kappa shape index (κ2) is 8.95. The second-order valence-electron chi connectivity index (χ2n) is 7.35. The van der Waals surface area contributed by atoms with Gasteiger partial charge >= 0.3 is 0 Å². The Morgan fingerprint density at radius 3 is 2.48 bits per heavy atom. The molecule has 2 amide bonds. The lowest BCUT2D eigenvalue weighted by Crippen LogP contribution is -2.28. The maximum Gasteiger partial charge on any atom is 0.255 e. The van der Waals surface area contributed by atoms with Crippen molar-refractivity contribution in [3.63, 3.8) is 0 Å². The Hall–Kier alpha value is -2.47. The zero-order valence-corrected chi connectivity index (χ0v) is 19.3. The maximum atomic E-state index is 12.7. The number of nitrogens with one attached hydrogen (secondary N) is 1. The smallest absolute Gasteiger partial charge is 0.255 e. The molecule has 4 nitrogen and oxygen atoms in total. The minimum Gasteiger partial charge on any atom is -0.322 e. The van der Waals surface area contributed by atoms with Crippen LogP contribution in [0.25, 0.3) is 0 Å². The standard InChI is InChI=1S/C24H20Cl2N2O2S/c1-14-4-3-5-21(15(14)2)28-22(29)13-31-24(28)16-6-9-18(10-7-16)27-23(30)17-8-11-19(25)20(26)12-17/h3-12,24H,13H2,1-2H3,(H,27,30). The number of aryl methyl sites for hydroxylation is 1. The van der Waals surface area contributed by atoms with E-state index in [4.69, 9.17) is 23.2 Å². The Kier molecular flexibility index (Phi) is 6.28. The summed E-state index contributed by atoms with van der Waals surface area (Å²) in [5, 5.41) is 3.49. The molecule has 158 valence electrons. The van der Waals surface area contributed by atoms with Crippen molar-refractivity contribution in [1.82, 2.24) is 0 Å². The molecule has 0 aromatic heterocycles. The van der Waals surface area contributed by atoms with Crippen molar-refractivity contribution in [3.05, 3.63) is 93.0 Å². The Balaban J connectivity index is 1.54. The van der Waals surface area contributed by atoms with E-state index in [9.17, 15) is 9.59 Å². The van der Waals surface area contributed by atoms with E-state index in [-0.39, 0.29) is 17.2 Å². The van der Waals surface area contributed by atoms with E-state index < -0.39 is 0 Å². The first kappa shape index (κ1) is 21.8. The van der Waals surface area contributed by atoms with E-state index in [1.807, 2.05) is 61.2 Å². The van der Waals surface area contributed by atoms with E-state index in [2.05, 4.69) is 5.32 Å². The van der Waals surface area contributed by atoms with Gasteiger partial charge in [0, 0.05) is 16.9 Å². The van der Waals surface area contributed by atoms with Crippen LogP contribution in [-0.2, 0) is 4.79 Å². The Morgan fingerprint density at radius 2 is 1.77 bits per heavy atom. The molecule has 7 heteroatoms. The van der Waals surface area contributed by atoms with Gasteiger partial charge in [-0.3, -0.25) is 14.5 Å². The Labute approximate surface area is 195 Å². The van der Waals surface area contributed by atoms with E-state index in [1.165, 1.54) is 6.07 Å². The van der Waals surface area contributed by atoms with Crippen molar-refractivity contribution in [2.45, 2.75) is 19.2 Å². The van der Waals surface area contributed by atoms with Crippen molar-refractivity contribution < 1.29 is 9.59 Å². The fourth-order valence-electron chi connectivity index (χ4n) is 3.50. The van der Waals surface area contributed by atoms with Crippen LogP contribution in [-0.4, -0.2) is 17.6 Å². The van der Waals surface area contributed by atoms with Crippen LogP contribution in [0, 0.1) is 13.8 Å². The molecule has 0 bridgehead atoms. The van der Waals surface area contributed by atoms with Gasteiger partial charge < -0.3 is 5.32 Å². The number of carbonyl (C=O) groups is 2. The van der Waals surface area contributed by atoms with Gasteiger partial charge in [0.2, 0.25) is 5.91 Å². The van der Waals surface area contributed by atoms with Crippen molar-refractivity contribution in [2.24, 2.45) is 0 Å². The van der Waals surface area contributed by atoms with Crippen LogP contribution in [0.5, 0.6) is 0 Å². The van der Waals surface area contributed by atoms with Gasteiger partial charge in [0.1, 0.15) is 5.37 Å². The molecule has 0 spiro atoms. The number of halogens is 2. The van der Waals surface area contributed by atoms with Crippen LogP contribution in [0.1, 0.15) is 32.4 Å². The minimum atomic E-state index is -0.270. The van der Waals surface area contributed by atoms with Crippen LogP contribution in [0.2, 0.25) is 10.0 Å². The molecule has 0 radical (unpaired) electrons. The molecule has 4 rings (SSSR count). The first-order valence-electron chi connectivity index (χ1n) is 9.71. The third-order valence-corrected chi connectivity index (χ3v) is 7.29. The molecule has 1 unspecified atom stereocenters. The van der Waals surface area contributed by atoms with Crippen molar-refractivity contribution in [3.8, 4) is 0 Å². The molecule has 0 aliphatic carbocycles. The minimum absolute atomic E-state index is 0.0979. The Bertz CT molecular complexity index is 1160. The molecule has 1 saturated heterocycles. The highest BCUT2D eigenvalue weighted by molar-refractivity contribution is 8.00. The summed E-state index contributed by atoms with van der Waals surface area (Å²) in [6, 6.07) is 18.3. The molecule has 1 fully saturated rings. The number of anilines is 2. The topological polar surface area (TPSA) is 49.4 Å². The Morgan fingerprint density at radius 1 is 1.03 bits per heavy atom. The highest BCUT2D eigenvalue weighted by Gasteiger charge is 2.34. The predicted molar refractivity (Wildman–Crippen MR) is 129 cm³/mol. The van der Waals surface area contributed by atoms with Crippen LogP contribution in [0.3, 0.4) is 0 Å². The van der Waals surface area contributed by atoms with E-state index in [0.717, 1.165) is 22.4 Å². The molecule has 0 saturated carbocycles. The highest BCUT2D eigenvalue weighted by Crippen LogP contribution is 2.43. The van der Waals surface area contributed by atoms with Gasteiger partial charge in [-0.2, -0.15) is 0 Å². The number of rotatable bonds is 4. The second-order valence-corrected chi connectivity index (χ2v) is 9.23. The fourth-order valence-corrected chi connectivity index (χ4v) is 4.97. The van der Waals surface area contributed by atoms with Crippen molar-refractivity contribution in [1.29, 1.82) is 0 Å². The van der Waals surface area contributed by atoms with E-state index in [1.54, 1.807) is 23.9 Å². The summed E-state index contributed by atoms with van der Waals surface area (Å²) in [5.74, 6) is 0.267. The molecule has 1 heterocycles. The van der Waals surface area contributed by atoms with E-state index in [0.29, 0.717) is 27.0 Å². The quantitative estimate of drug-likeness (QED) is 0.464. The van der Waals surface area contributed by atoms with Crippen molar-refractivity contribution >= 4 is 58.2 Å². The number of nitrogens with zero attached hydrogens (tertiary/aromatic N) is 1. The average Bonchev–Trinajstić information content (AvgIpc) is 3.13. The van der Waals surface area contributed by atoms with Crippen LogP contribution >= 0.6 is 35.0 Å². The number of benzene rings is 3. The molecular weight excluding hydrogens is 451 g/mol. The average molecular weight is 471 g/mol. The van der Waals surface area contributed by atoms with Crippen LogP contribution in [0.15, 0.2) is 60.7 Å². The lowest BCUT2D eigenvalue weighted by atomic mass is 10.1. The third-order valence-electron chi connectivity index (χ3n) is 5.34. The summed E-state index contributed by atoms with van der Waals surface area (Å²) in [7, 11) is 0. The zero-order valence-electron chi connectivity index (χ0n) is 17.0. The monoisotopic (exact) mass is 470 g/mol. The first-order chi connectivity index (χ1) is 14.8. The molecule has 31 heavy (non-hydrogen) atoms. The summed E-state index contributed by atoms with van der Waals surface area (Å²) in [6.45, 7) is 4.09. The number of hydrogen-bond donors (Lipinski definition) is 1. The molecule has 1 aliphatic heterocycles. The van der Waals surface area contributed by atoms with Gasteiger partial charge in [0.25, 0.3) is 5.91 Å². The van der Waals surface area contributed by atoms with E-state index >= 15 is 0 Å². The van der Waals surface area contributed by atoms with Gasteiger partial charge in [0.05, 0.1) is 15.8 Å². The number of thioether (sulfide) groups is 1. The molecule has 3 aromatic carbocycles. The fraction of sp³-hybridized carbons (Fsp3) is 0.167. The van der Waals surface area contributed by atoms with Gasteiger partial charge in [-0.05, 0) is 66.9 Å². The van der Waals surface area contributed by atoms with Crippen LogP contribution in [0.4, 0.5) is 11.4 Å². The molecule has 1 N–H and O–H groups in total. The molecular formula is C24H20Cl2N2O2S. The summed E-state index contributed by atoms with van der Waals surface area (Å²) in [6.07, 6.45) is 0. The lowest BCUT2D eigenvalue weighted by Gasteiger charge is -2.26. The molecule has 1 aliphatic rings. The SMILES string of the molecule is Cc1cccc(N2C(=O)CSC2c2ccc(NC(=O)c3ccc(Cl)c(Cl)c3)cc2)c1C. The lowest BCUT2D eigenvalue weighted by molar-refractivity contribution is -0.115. The van der Waals surface area contributed by atoms with Gasteiger partial charge in [-0.15, -0.1) is 11.8 Å². The molecule has 1 atom stereocenters. The zero-order chi connectivity index (χ0) is 22.1. The number of carbonyl (C=O) groups excluding carboxylic acids is 2. The number of hydrogen-bond acceptors (Lipinski definition) is 3. The van der Waals surface area contributed by atoms with Gasteiger partial charge in [0.15, 0.2) is 0 Å². The highest BCUT2D eigenvalue weighted by atomic mass is 35.5. The van der Waals surface area contributed by atoms with Crippen molar-refractivity contribution in [2.75, 3.05) is 16.0 Å². The largest absolute Gasteiger partial charge is 0.322 e. The van der Waals surface area contributed by atoms with Gasteiger partial charge in [-0.1, -0.05) is 47.5 Å². The van der Waals surface area contributed by atoms with Crippen LogP contribution < -0.4 is 10.2 Å². The van der Waals surface area contributed by atoms with Gasteiger partial charge in [-0.25, -0.2) is 0 Å². The third kappa shape index (κ3) is 4.45. The summed E-state index contributed by atoms with van der Waals surface area (Å²) in [5.41, 5.74) is 5.29. The molecule has 3 aromatic rings. The first-order valence-corrected chi connectivity index (χ1v) is 11.5. The maximum absolute atomic E-state index is 12.7. The summed E-state index contributed by atoms with van der Waals surface area (Å²) < 4.78 is 0. The summed E-state index contributed by atoms with van der Waals surface area (Å²) in [4.78, 5) is 27.0. The number of amides is 2. The normalized spacial score (nSPS) is 15.9. The predicted octanol–water partition coefficient (Wildman–Crippen LogP) is 6.64. The summed E-state index contributed by atoms with van der Waals surface area (Å²) >= 11 is 13.5.